The molecule has 0 saturated carbocycles. The molecule has 6 heteroatoms. The minimum Gasteiger partial charge on any atom is -0.488 e. The summed E-state index contributed by atoms with van der Waals surface area (Å²) in [5.74, 6) is 1.34. The summed E-state index contributed by atoms with van der Waals surface area (Å²) in [7, 11) is 0. The van der Waals surface area contributed by atoms with Crippen molar-refractivity contribution in [1.29, 1.82) is 0 Å². The van der Waals surface area contributed by atoms with Gasteiger partial charge in [0.1, 0.15) is 18.2 Å². The van der Waals surface area contributed by atoms with E-state index in [9.17, 15) is 4.79 Å². The van der Waals surface area contributed by atoms with E-state index in [1.165, 1.54) is 4.68 Å². The minimum atomic E-state index is -0.200. The van der Waals surface area contributed by atoms with Crippen molar-refractivity contribution in [2.45, 2.75) is 26.4 Å². The Morgan fingerprint density at radius 3 is 2.58 bits per heavy atom. The monoisotopic (exact) mass is 475 g/mol. The van der Waals surface area contributed by atoms with Gasteiger partial charge in [-0.2, -0.15) is 9.78 Å². The predicted octanol–water partition coefficient (Wildman–Crippen LogP) is 5.74. The minimum absolute atomic E-state index is 0.0301. The molecule has 0 fully saturated rings. The maximum absolute atomic E-state index is 13.2. The van der Waals surface area contributed by atoms with Gasteiger partial charge in [-0.25, -0.2) is 4.98 Å². The maximum Gasteiger partial charge on any atom is 0.282 e. The third-order valence-corrected chi connectivity index (χ3v) is 5.31. The zero-order chi connectivity index (χ0) is 21.8. The van der Waals surface area contributed by atoms with Gasteiger partial charge in [-0.15, -0.1) is 0 Å². The fourth-order valence-corrected chi connectivity index (χ4v) is 3.59. The quantitative estimate of drug-likeness (QED) is 0.334. The first-order chi connectivity index (χ1) is 15.0. The lowest BCUT2D eigenvalue weighted by atomic mass is 10.2. The third-order valence-electron chi connectivity index (χ3n) is 4.82. The fraction of sp³-hybridized carbons (Fsp3) is 0.160. The van der Waals surface area contributed by atoms with Crippen LogP contribution in [0.15, 0.2) is 87.2 Å². The van der Waals surface area contributed by atoms with E-state index in [0.717, 1.165) is 15.6 Å². The number of hydrogen-bond acceptors (Lipinski definition) is 4. The second kappa shape index (κ2) is 9.27. The number of rotatable bonds is 6. The van der Waals surface area contributed by atoms with Crippen LogP contribution in [0.4, 0.5) is 0 Å². The Labute approximate surface area is 189 Å². The summed E-state index contributed by atoms with van der Waals surface area (Å²) in [4.78, 5) is 17.9. The first kappa shape index (κ1) is 21.0. The van der Waals surface area contributed by atoms with Crippen molar-refractivity contribution in [3.8, 4) is 5.75 Å². The molecular formula is C25H22BrN3O2. The van der Waals surface area contributed by atoms with Crippen LogP contribution in [0.25, 0.3) is 10.9 Å². The van der Waals surface area contributed by atoms with Crippen LogP contribution < -0.4 is 10.3 Å². The fourth-order valence-electron chi connectivity index (χ4n) is 3.23. The second-order valence-electron chi connectivity index (χ2n) is 7.46. The number of hydrogen-bond donors (Lipinski definition) is 0. The van der Waals surface area contributed by atoms with Gasteiger partial charge in [0.05, 0.1) is 17.1 Å². The molecule has 0 saturated heterocycles. The predicted molar refractivity (Wildman–Crippen MR) is 128 cm³/mol. The molecule has 4 rings (SSSR count). The van der Waals surface area contributed by atoms with E-state index >= 15 is 0 Å². The van der Waals surface area contributed by atoms with Gasteiger partial charge < -0.3 is 4.74 Å². The van der Waals surface area contributed by atoms with Crippen LogP contribution in [-0.2, 0) is 6.61 Å². The average molecular weight is 476 g/mol. The highest BCUT2D eigenvalue weighted by atomic mass is 79.9. The molecular weight excluding hydrogens is 454 g/mol. The highest BCUT2D eigenvalue weighted by molar-refractivity contribution is 9.10. The van der Waals surface area contributed by atoms with E-state index < -0.39 is 0 Å². The zero-order valence-corrected chi connectivity index (χ0v) is 18.9. The molecule has 1 aromatic heterocycles. The second-order valence-corrected chi connectivity index (χ2v) is 8.38. The lowest BCUT2D eigenvalue weighted by Gasteiger charge is -2.12. The van der Waals surface area contributed by atoms with E-state index in [2.05, 4.69) is 26.0 Å². The van der Waals surface area contributed by atoms with Crippen molar-refractivity contribution in [3.63, 3.8) is 0 Å². The highest BCUT2D eigenvalue weighted by Crippen LogP contribution is 2.20. The molecule has 0 radical (unpaired) electrons. The van der Waals surface area contributed by atoms with Gasteiger partial charge in [0, 0.05) is 16.0 Å². The van der Waals surface area contributed by atoms with Crippen LogP contribution in [0, 0.1) is 0 Å². The number of para-hydroxylation sites is 1. The van der Waals surface area contributed by atoms with Gasteiger partial charge in [0.2, 0.25) is 0 Å². The Morgan fingerprint density at radius 2 is 1.81 bits per heavy atom. The van der Waals surface area contributed by atoms with E-state index in [1.54, 1.807) is 12.3 Å². The van der Waals surface area contributed by atoms with Gasteiger partial charge in [0.15, 0.2) is 0 Å². The summed E-state index contributed by atoms with van der Waals surface area (Å²) < 4.78 is 8.21. The third kappa shape index (κ3) is 4.75. The molecule has 156 valence electrons. The van der Waals surface area contributed by atoms with E-state index in [4.69, 9.17) is 4.74 Å². The van der Waals surface area contributed by atoms with E-state index in [-0.39, 0.29) is 11.5 Å². The Morgan fingerprint density at radius 1 is 1.06 bits per heavy atom. The molecule has 4 aromatic rings. The lowest BCUT2D eigenvalue weighted by Crippen LogP contribution is -2.23. The molecule has 0 aliphatic carbocycles. The molecule has 0 N–H and O–H groups in total. The normalized spacial score (nSPS) is 11.5. The van der Waals surface area contributed by atoms with Crippen LogP contribution in [0.5, 0.6) is 5.75 Å². The highest BCUT2D eigenvalue weighted by Gasteiger charge is 2.14. The largest absolute Gasteiger partial charge is 0.488 e. The molecule has 31 heavy (non-hydrogen) atoms. The van der Waals surface area contributed by atoms with Gasteiger partial charge in [-0.05, 0) is 35.9 Å². The van der Waals surface area contributed by atoms with E-state index in [1.807, 2.05) is 80.6 Å². The summed E-state index contributed by atoms with van der Waals surface area (Å²) in [6.07, 6.45) is 1.65. The Hall–Kier alpha value is -3.25. The standard InChI is InChI=1S/C25H22BrN3O2/c1-17(2)24-28-22-13-12-20(26)14-21(22)25(30)29(24)27-15-19-10-6-7-11-23(19)31-16-18-8-4-3-5-9-18/h3-15,17H,16H2,1-2H3. The smallest absolute Gasteiger partial charge is 0.282 e. The number of aromatic nitrogens is 2. The number of ether oxygens (including phenoxy) is 1. The maximum atomic E-state index is 13.2. The molecule has 0 bridgehead atoms. The first-order valence-corrected chi connectivity index (χ1v) is 10.8. The molecule has 0 spiro atoms. The van der Waals surface area contributed by atoms with Crippen molar-refractivity contribution in [2.75, 3.05) is 0 Å². The SMILES string of the molecule is CC(C)c1nc2ccc(Br)cc2c(=O)n1N=Cc1ccccc1OCc1ccccc1. The summed E-state index contributed by atoms with van der Waals surface area (Å²) in [5.41, 5.74) is 2.33. The topological polar surface area (TPSA) is 56.5 Å². The molecule has 0 amide bonds. The summed E-state index contributed by atoms with van der Waals surface area (Å²) in [5, 5.41) is 5.03. The Balaban J connectivity index is 1.71. The summed E-state index contributed by atoms with van der Waals surface area (Å²) in [6, 6.07) is 23.1. The van der Waals surface area contributed by atoms with Crippen LogP contribution >= 0.6 is 15.9 Å². The van der Waals surface area contributed by atoms with Crippen molar-refractivity contribution in [3.05, 3.63) is 105 Å². The van der Waals surface area contributed by atoms with Crippen molar-refractivity contribution < 1.29 is 4.74 Å². The lowest BCUT2D eigenvalue weighted by molar-refractivity contribution is 0.306. The Bertz CT molecular complexity index is 1300. The molecule has 3 aromatic carbocycles. The molecule has 1 heterocycles. The number of benzene rings is 3. The van der Waals surface area contributed by atoms with E-state index in [0.29, 0.717) is 29.1 Å². The van der Waals surface area contributed by atoms with Gasteiger partial charge >= 0.3 is 0 Å². The van der Waals surface area contributed by atoms with Crippen LogP contribution in [0.1, 0.15) is 36.7 Å². The number of halogens is 1. The van der Waals surface area contributed by atoms with Crippen LogP contribution in [0.3, 0.4) is 0 Å². The Kier molecular flexibility index (Phi) is 6.28. The molecule has 5 nitrogen and oxygen atoms in total. The van der Waals surface area contributed by atoms with Gasteiger partial charge in [-0.3, -0.25) is 4.79 Å². The van der Waals surface area contributed by atoms with Gasteiger partial charge in [0.25, 0.3) is 5.56 Å². The molecule has 0 unspecified atom stereocenters. The summed E-state index contributed by atoms with van der Waals surface area (Å²) >= 11 is 3.43. The van der Waals surface area contributed by atoms with Crippen molar-refractivity contribution in [1.82, 2.24) is 9.66 Å². The number of nitrogens with zero attached hydrogens (tertiary/aromatic N) is 3. The van der Waals surface area contributed by atoms with Crippen molar-refractivity contribution in [2.24, 2.45) is 5.10 Å². The molecule has 0 aliphatic heterocycles. The van der Waals surface area contributed by atoms with Crippen molar-refractivity contribution >= 4 is 33.0 Å². The van der Waals surface area contributed by atoms with Crippen LogP contribution in [-0.4, -0.2) is 15.9 Å². The average Bonchev–Trinajstić information content (AvgIpc) is 2.78. The molecule has 0 aliphatic rings. The van der Waals surface area contributed by atoms with Crippen LogP contribution in [0.2, 0.25) is 0 Å². The zero-order valence-electron chi connectivity index (χ0n) is 17.3. The molecule has 0 atom stereocenters. The number of fused-ring (bicyclic) bond motifs is 1. The first-order valence-electron chi connectivity index (χ1n) is 10.1. The van der Waals surface area contributed by atoms with Gasteiger partial charge in [-0.1, -0.05) is 72.2 Å². The summed E-state index contributed by atoms with van der Waals surface area (Å²) in [6.45, 7) is 4.44.